The lowest BCUT2D eigenvalue weighted by Gasteiger charge is -2.11. The van der Waals surface area contributed by atoms with E-state index in [2.05, 4.69) is 19.2 Å². The molecule has 0 saturated heterocycles. The summed E-state index contributed by atoms with van der Waals surface area (Å²) in [7, 11) is -2.64. The number of anilines is 1. The Morgan fingerprint density at radius 2 is 1.81 bits per heavy atom. The van der Waals surface area contributed by atoms with Crippen molar-refractivity contribution in [3.05, 3.63) is 48.0 Å². The Bertz CT molecular complexity index is 877. The van der Waals surface area contributed by atoms with Crippen molar-refractivity contribution < 1.29 is 22.7 Å². The molecule has 0 atom stereocenters. The number of benzene rings is 2. The summed E-state index contributed by atoms with van der Waals surface area (Å²) in [4.78, 5) is 11.8. The number of nitrogens with one attached hydrogen (secondary N) is 1. The number of carbonyl (C=O) groups excluding carboxylic acids is 1. The molecule has 0 saturated carbocycles. The van der Waals surface area contributed by atoms with Crippen LogP contribution < -0.4 is 19.9 Å². The number of nitrogens with two attached hydrogens (primary N) is 1. The Morgan fingerprint density at radius 3 is 2.35 bits per heavy atom. The minimum absolute atomic E-state index is 0.104. The molecule has 0 aromatic heterocycles. The van der Waals surface area contributed by atoms with Crippen molar-refractivity contribution in [3.8, 4) is 11.5 Å². The fourth-order valence-corrected chi connectivity index (χ4v) is 2.99. The first-order valence-electron chi connectivity index (χ1n) is 7.94. The van der Waals surface area contributed by atoms with Gasteiger partial charge in [0.15, 0.2) is 6.61 Å². The van der Waals surface area contributed by atoms with Gasteiger partial charge in [0.05, 0.1) is 7.11 Å². The Morgan fingerprint density at radius 1 is 1.15 bits per heavy atom. The van der Waals surface area contributed by atoms with E-state index >= 15 is 0 Å². The molecule has 0 heterocycles. The zero-order valence-corrected chi connectivity index (χ0v) is 15.7. The molecule has 0 aliphatic carbocycles. The first-order chi connectivity index (χ1) is 12.2. The standard InChI is InChI=1S/C18H22N2O5S/c1-12(2)13-4-7-15(8-5-13)25-11-18(21)20-14-6-9-16(24-3)17(10-14)26(19,22)23/h4-10,12H,11H2,1-3H3,(H,20,21)(H2,19,22,23). The van der Waals surface area contributed by atoms with Crippen LogP contribution in [0.2, 0.25) is 0 Å². The maximum absolute atomic E-state index is 12.0. The van der Waals surface area contributed by atoms with Gasteiger partial charge in [0, 0.05) is 5.69 Å². The average Bonchev–Trinajstić information content (AvgIpc) is 2.59. The third kappa shape index (κ3) is 5.21. The number of ether oxygens (including phenoxy) is 2. The second kappa shape index (κ2) is 8.20. The van der Waals surface area contributed by atoms with E-state index < -0.39 is 15.9 Å². The molecular weight excluding hydrogens is 356 g/mol. The highest BCUT2D eigenvalue weighted by molar-refractivity contribution is 7.89. The highest BCUT2D eigenvalue weighted by atomic mass is 32.2. The summed E-state index contributed by atoms with van der Waals surface area (Å²) < 4.78 is 33.6. The van der Waals surface area contributed by atoms with Crippen LogP contribution in [0.5, 0.6) is 11.5 Å². The van der Waals surface area contributed by atoms with Crippen molar-refractivity contribution in [1.29, 1.82) is 0 Å². The average molecular weight is 378 g/mol. The van der Waals surface area contributed by atoms with Gasteiger partial charge in [-0.2, -0.15) is 0 Å². The first kappa shape index (κ1) is 19.7. The van der Waals surface area contributed by atoms with Gasteiger partial charge in [-0.1, -0.05) is 26.0 Å². The number of rotatable bonds is 7. The smallest absolute Gasteiger partial charge is 0.262 e. The Labute approximate surface area is 153 Å². The molecule has 0 aliphatic rings. The molecule has 0 fully saturated rings. The van der Waals surface area contributed by atoms with Gasteiger partial charge in [-0.15, -0.1) is 0 Å². The van der Waals surface area contributed by atoms with Crippen molar-refractivity contribution in [2.45, 2.75) is 24.7 Å². The van der Waals surface area contributed by atoms with Crippen molar-refractivity contribution in [2.24, 2.45) is 5.14 Å². The minimum atomic E-state index is -3.98. The highest BCUT2D eigenvalue weighted by Crippen LogP contribution is 2.26. The molecule has 26 heavy (non-hydrogen) atoms. The summed E-state index contributed by atoms with van der Waals surface area (Å²) in [6.07, 6.45) is 0. The number of methoxy groups -OCH3 is 1. The van der Waals surface area contributed by atoms with Crippen LogP contribution in [-0.4, -0.2) is 28.0 Å². The van der Waals surface area contributed by atoms with E-state index in [1.165, 1.54) is 30.9 Å². The maximum Gasteiger partial charge on any atom is 0.262 e. The van der Waals surface area contributed by atoms with Crippen LogP contribution in [0.25, 0.3) is 0 Å². The number of carbonyl (C=O) groups is 1. The topological polar surface area (TPSA) is 108 Å². The van der Waals surface area contributed by atoms with Crippen LogP contribution in [-0.2, 0) is 14.8 Å². The van der Waals surface area contributed by atoms with Crippen molar-refractivity contribution >= 4 is 21.6 Å². The van der Waals surface area contributed by atoms with Crippen LogP contribution >= 0.6 is 0 Å². The molecular formula is C18H22N2O5S. The Hall–Kier alpha value is -2.58. The molecule has 7 nitrogen and oxygen atoms in total. The highest BCUT2D eigenvalue weighted by Gasteiger charge is 2.16. The largest absolute Gasteiger partial charge is 0.495 e. The van der Waals surface area contributed by atoms with Gasteiger partial charge in [0.2, 0.25) is 10.0 Å². The van der Waals surface area contributed by atoms with Gasteiger partial charge in [0.1, 0.15) is 16.4 Å². The second-order valence-corrected chi connectivity index (χ2v) is 7.50. The van der Waals surface area contributed by atoms with E-state index in [1.54, 1.807) is 12.1 Å². The number of hydrogen-bond acceptors (Lipinski definition) is 5. The second-order valence-electron chi connectivity index (χ2n) is 5.97. The summed E-state index contributed by atoms with van der Waals surface area (Å²) in [5.41, 5.74) is 1.45. The number of amides is 1. The van der Waals surface area contributed by atoms with Gasteiger partial charge in [-0.3, -0.25) is 4.79 Å². The maximum atomic E-state index is 12.0. The molecule has 3 N–H and O–H groups in total. The lowest BCUT2D eigenvalue weighted by Crippen LogP contribution is -2.21. The van der Waals surface area contributed by atoms with E-state index in [4.69, 9.17) is 14.6 Å². The summed E-state index contributed by atoms with van der Waals surface area (Å²) in [5.74, 6) is 0.662. The summed E-state index contributed by atoms with van der Waals surface area (Å²) in [5, 5.41) is 7.72. The number of hydrogen-bond donors (Lipinski definition) is 2. The SMILES string of the molecule is COc1ccc(NC(=O)COc2ccc(C(C)C)cc2)cc1S(N)(=O)=O. The van der Waals surface area contributed by atoms with Gasteiger partial charge >= 0.3 is 0 Å². The van der Waals surface area contributed by atoms with Gasteiger partial charge in [0.25, 0.3) is 5.91 Å². The first-order valence-corrected chi connectivity index (χ1v) is 9.49. The third-order valence-electron chi connectivity index (χ3n) is 3.67. The molecule has 2 aromatic rings. The zero-order valence-electron chi connectivity index (χ0n) is 14.9. The molecule has 8 heteroatoms. The van der Waals surface area contributed by atoms with Crippen LogP contribution in [0.1, 0.15) is 25.3 Å². The molecule has 140 valence electrons. The lowest BCUT2D eigenvalue weighted by molar-refractivity contribution is -0.118. The van der Waals surface area contributed by atoms with E-state index in [0.29, 0.717) is 11.7 Å². The van der Waals surface area contributed by atoms with Crippen LogP contribution in [0, 0.1) is 0 Å². The van der Waals surface area contributed by atoms with Crippen LogP contribution in [0.15, 0.2) is 47.4 Å². The fraction of sp³-hybridized carbons (Fsp3) is 0.278. The Kier molecular flexibility index (Phi) is 6.23. The molecule has 0 bridgehead atoms. The van der Waals surface area contributed by atoms with Crippen molar-refractivity contribution in [1.82, 2.24) is 0 Å². The molecule has 0 unspecified atom stereocenters. The summed E-state index contributed by atoms with van der Waals surface area (Å²) in [6.45, 7) is 3.97. The van der Waals surface area contributed by atoms with E-state index in [9.17, 15) is 13.2 Å². The monoisotopic (exact) mass is 378 g/mol. The molecule has 0 radical (unpaired) electrons. The van der Waals surface area contributed by atoms with Crippen molar-refractivity contribution in [3.63, 3.8) is 0 Å². The molecule has 1 amide bonds. The molecule has 0 aliphatic heterocycles. The summed E-state index contributed by atoms with van der Waals surface area (Å²) >= 11 is 0. The van der Waals surface area contributed by atoms with E-state index in [0.717, 1.165) is 0 Å². The number of sulfonamides is 1. The summed E-state index contributed by atoms with van der Waals surface area (Å²) in [6, 6.07) is 11.7. The zero-order chi connectivity index (χ0) is 19.3. The minimum Gasteiger partial charge on any atom is -0.495 e. The predicted octanol–water partition coefficient (Wildman–Crippen LogP) is 2.48. The fourth-order valence-electron chi connectivity index (χ4n) is 2.27. The van der Waals surface area contributed by atoms with Crippen LogP contribution in [0.4, 0.5) is 5.69 Å². The molecule has 2 aromatic carbocycles. The predicted molar refractivity (Wildman–Crippen MR) is 99.0 cm³/mol. The normalized spacial score (nSPS) is 11.3. The molecule has 2 rings (SSSR count). The number of primary sulfonamides is 1. The van der Waals surface area contributed by atoms with Gasteiger partial charge < -0.3 is 14.8 Å². The van der Waals surface area contributed by atoms with E-state index in [1.807, 2.05) is 12.1 Å². The van der Waals surface area contributed by atoms with Gasteiger partial charge in [-0.25, -0.2) is 13.6 Å². The van der Waals surface area contributed by atoms with Crippen LogP contribution in [0.3, 0.4) is 0 Å². The van der Waals surface area contributed by atoms with Gasteiger partial charge in [-0.05, 0) is 41.8 Å². The Balaban J connectivity index is 2.01. The van der Waals surface area contributed by atoms with E-state index in [-0.39, 0.29) is 22.9 Å². The van der Waals surface area contributed by atoms with Crippen molar-refractivity contribution in [2.75, 3.05) is 19.0 Å². The molecule has 0 spiro atoms. The lowest BCUT2D eigenvalue weighted by atomic mass is 10.0. The third-order valence-corrected chi connectivity index (χ3v) is 4.60. The quantitative estimate of drug-likeness (QED) is 0.769.